The van der Waals surface area contributed by atoms with Crippen molar-refractivity contribution in [2.75, 3.05) is 20.3 Å². The molecule has 0 radical (unpaired) electrons. The van der Waals surface area contributed by atoms with Crippen LogP contribution in [-0.4, -0.2) is 37.1 Å². The molecule has 4 nitrogen and oxygen atoms in total. The minimum atomic E-state index is -0.525. The van der Waals surface area contributed by atoms with E-state index >= 15 is 0 Å². The van der Waals surface area contributed by atoms with E-state index in [1.54, 1.807) is 7.11 Å². The molecule has 1 aromatic carbocycles. The molecule has 1 heterocycles. The summed E-state index contributed by atoms with van der Waals surface area (Å²) in [5.41, 5.74) is 0.487. The summed E-state index contributed by atoms with van der Waals surface area (Å²) in [5, 5.41) is 10.1. The van der Waals surface area contributed by atoms with Gasteiger partial charge in [0.15, 0.2) is 11.5 Å². The van der Waals surface area contributed by atoms with Gasteiger partial charge in [0.1, 0.15) is 6.10 Å². The zero-order valence-corrected chi connectivity index (χ0v) is 11.2. The number of hydrogen-bond acceptors (Lipinski definition) is 4. The Hall–Kier alpha value is -1.26. The normalized spacial score (nSPS) is 24.2. The van der Waals surface area contributed by atoms with E-state index in [1.807, 2.05) is 18.2 Å². The van der Waals surface area contributed by atoms with Crippen LogP contribution < -0.4 is 9.47 Å². The van der Waals surface area contributed by atoms with Gasteiger partial charge in [-0.25, -0.2) is 0 Å². The van der Waals surface area contributed by atoms with Crippen LogP contribution in [0.5, 0.6) is 11.5 Å². The number of para-hydroxylation sites is 1. The number of rotatable bonds is 5. The Bertz CT molecular complexity index is 447. The van der Waals surface area contributed by atoms with Crippen molar-refractivity contribution in [3.05, 3.63) is 23.8 Å². The number of methoxy groups -OCH3 is 1. The molecule has 0 bridgehead atoms. The summed E-state index contributed by atoms with van der Waals surface area (Å²) in [6.07, 6.45) is 3.40. The van der Waals surface area contributed by atoms with Gasteiger partial charge in [0.2, 0.25) is 0 Å². The third-order valence-corrected chi connectivity index (χ3v) is 3.79. The van der Waals surface area contributed by atoms with Crippen LogP contribution in [0.15, 0.2) is 18.2 Å². The molecule has 1 saturated heterocycles. The Kier molecular flexibility index (Phi) is 3.37. The smallest absolute Gasteiger partial charge is 0.164 e. The second-order valence-corrected chi connectivity index (χ2v) is 5.45. The standard InChI is InChI=1S/C15H20O4/c1-17-14-11(9-15(16)6-7-15)3-2-4-13(14)19-12-5-8-18-10-12/h2-4,12,16H,5-10H2,1H3. The second kappa shape index (κ2) is 5.02. The minimum absolute atomic E-state index is 0.105. The monoisotopic (exact) mass is 264 g/mol. The maximum atomic E-state index is 10.1. The first kappa shape index (κ1) is 12.8. The van der Waals surface area contributed by atoms with Gasteiger partial charge in [0, 0.05) is 18.4 Å². The van der Waals surface area contributed by atoms with Crippen molar-refractivity contribution in [3.8, 4) is 11.5 Å². The lowest BCUT2D eigenvalue weighted by molar-refractivity contribution is 0.137. The fourth-order valence-corrected chi connectivity index (χ4v) is 2.49. The van der Waals surface area contributed by atoms with Crippen LogP contribution in [0.4, 0.5) is 0 Å². The molecule has 4 heteroatoms. The predicted molar refractivity (Wildman–Crippen MR) is 70.7 cm³/mol. The highest BCUT2D eigenvalue weighted by atomic mass is 16.6. The van der Waals surface area contributed by atoms with Crippen molar-refractivity contribution >= 4 is 0 Å². The number of hydrogen-bond donors (Lipinski definition) is 1. The molecule has 1 aromatic rings. The van der Waals surface area contributed by atoms with Gasteiger partial charge in [-0.3, -0.25) is 0 Å². The molecule has 1 unspecified atom stereocenters. The third-order valence-electron chi connectivity index (χ3n) is 3.79. The summed E-state index contributed by atoms with van der Waals surface area (Å²) >= 11 is 0. The van der Waals surface area contributed by atoms with Gasteiger partial charge in [0.05, 0.1) is 25.9 Å². The molecular weight excluding hydrogens is 244 g/mol. The van der Waals surface area contributed by atoms with Crippen LogP contribution in [0.3, 0.4) is 0 Å². The van der Waals surface area contributed by atoms with Crippen molar-refractivity contribution in [1.29, 1.82) is 0 Å². The van der Waals surface area contributed by atoms with E-state index in [-0.39, 0.29) is 6.10 Å². The summed E-state index contributed by atoms with van der Waals surface area (Å²) in [6, 6.07) is 5.86. The third kappa shape index (κ3) is 2.85. The van der Waals surface area contributed by atoms with Crippen LogP contribution in [0, 0.1) is 0 Å². The first-order valence-corrected chi connectivity index (χ1v) is 6.83. The van der Waals surface area contributed by atoms with Crippen molar-refractivity contribution in [1.82, 2.24) is 0 Å². The van der Waals surface area contributed by atoms with Crippen molar-refractivity contribution in [2.24, 2.45) is 0 Å². The van der Waals surface area contributed by atoms with Gasteiger partial charge in [-0.15, -0.1) is 0 Å². The molecule has 0 aromatic heterocycles. The lowest BCUT2D eigenvalue weighted by atomic mass is 10.0. The molecule has 2 fully saturated rings. The number of ether oxygens (including phenoxy) is 3. The van der Waals surface area contributed by atoms with Crippen molar-refractivity contribution in [3.63, 3.8) is 0 Å². The lowest BCUT2D eigenvalue weighted by Gasteiger charge is -2.18. The Morgan fingerprint density at radius 2 is 2.26 bits per heavy atom. The van der Waals surface area contributed by atoms with Gasteiger partial charge < -0.3 is 19.3 Å². The molecule has 2 aliphatic rings. The Morgan fingerprint density at radius 1 is 1.42 bits per heavy atom. The number of aliphatic hydroxyl groups is 1. The Morgan fingerprint density at radius 3 is 2.89 bits per heavy atom. The van der Waals surface area contributed by atoms with Gasteiger partial charge in [0.25, 0.3) is 0 Å². The quantitative estimate of drug-likeness (QED) is 0.883. The molecule has 1 aliphatic heterocycles. The van der Waals surface area contributed by atoms with Crippen LogP contribution in [0.2, 0.25) is 0 Å². The average Bonchev–Trinajstić information content (AvgIpc) is 2.91. The SMILES string of the molecule is COc1c(CC2(O)CC2)cccc1OC1CCOC1. The first-order valence-electron chi connectivity index (χ1n) is 6.83. The highest BCUT2D eigenvalue weighted by Gasteiger charge is 2.41. The van der Waals surface area contributed by atoms with Gasteiger partial charge >= 0.3 is 0 Å². The predicted octanol–water partition coefficient (Wildman–Crippen LogP) is 1.93. The summed E-state index contributed by atoms with van der Waals surface area (Å²) in [6.45, 7) is 1.39. The zero-order chi connectivity index (χ0) is 13.3. The fourth-order valence-electron chi connectivity index (χ4n) is 2.49. The molecule has 1 saturated carbocycles. The molecule has 19 heavy (non-hydrogen) atoms. The Balaban J connectivity index is 1.80. The van der Waals surface area contributed by atoms with Crippen molar-refractivity contribution in [2.45, 2.75) is 37.4 Å². The van der Waals surface area contributed by atoms with E-state index in [0.717, 1.165) is 42.9 Å². The molecular formula is C15H20O4. The first-order chi connectivity index (χ1) is 9.20. The summed E-state index contributed by atoms with van der Waals surface area (Å²) in [5.74, 6) is 1.49. The van der Waals surface area contributed by atoms with Crippen LogP contribution in [0.25, 0.3) is 0 Å². The van der Waals surface area contributed by atoms with Gasteiger partial charge in [-0.1, -0.05) is 12.1 Å². The second-order valence-electron chi connectivity index (χ2n) is 5.45. The maximum Gasteiger partial charge on any atom is 0.164 e. The van der Waals surface area contributed by atoms with E-state index < -0.39 is 5.60 Å². The highest BCUT2D eigenvalue weighted by Crippen LogP contribution is 2.42. The van der Waals surface area contributed by atoms with E-state index in [4.69, 9.17) is 14.2 Å². The fraction of sp³-hybridized carbons (Fsp3) is 0.600. The minimum Gasteiger partial charge on any atom is -0.493 e. The van der Waals surface area contributed by atoms with Gasteiger partial charge in [-0.05, 0) is 18.9 Å². The van der Waals surface area contributed by atoms with Crippen molar-refractivity contribution < 1.29 is 19.3 Å². The average molecular weight is 264 g/mol. The van der Waals surface area contributed by atoms with E-state index in [2.05, 4.69) is 0 Å². The molecule has 3 rings (SSSR count). The Labute approximate surface area is 113 Å². The summed E-state index contributed by atoms with van der Waals surface area (Å²) in [7, 11) is 1.65. The molecule has 0 amide bonds. The molecule has 1 atom stereocenters. The van der Waals surface area contributed by atoms with Crippen LogP contribution in [0.1, 0.15) is 24.8 Å². The lowest BCUT2D eigenvalue weighted by Crippen LogP contribution is -2.17. The van der Waals surface area contributed by atoms with Crippen LogP contribution >= 0.6 is 0 Å². The molecule has 1 aliphatic carbocycles. The molecule has 1 N–H and O–H groups in total. The maximum absolute atomic E-state index is 10.1. The summed E-state index contributed by atoms with van der Waals surface area (Å²) < 4.78 is 16.7. The van der Waals surface area contributed by atoms with Crippen LogP contribution in [-0.2, 0) is 11.2 Å². The van der Waals surface area contributed by atoms with E-state index in [9.17, 15) is 5.11 Å². The topological polar surface area (TPSA) is 47.9 Å². The number of benzene rings is 1. The summed E-state index contributed by atoms with van der Waals surface area (Å²) in [4.78, 5) is 0. The van der Waals surface area contributed by atoms with Gasteiger partial charge in [-0.2, -0.15) is 0 Å². The largest absolute Gasteiger partial charge is 0.493 e. The molecule has 104 valence electrons. The molecule has 0 spiro atoms. The van der Waals surface area contributed by atoms with E-state index in [1.165, 1.54) is 0 Å². The van der Waals surface area contributed by atoms with E-state index in [0.29, 0.717) is 13.0 Å². The highest BCUT2D eigenvalue weighted by molar-refractivity contribution is 5.47. The zero-order valence-electron chi connectivity index (χ0n) is 11.2.